The molecule has 1 heterocycles. The minimum atomic E-state index is -0.863. The molecule has 0 spiro atoms. The Hall–Kier alpha value is -3.41. The summed E-state index contributed by atoms with van der Waals surface area (Å²) in [5, 5.41) is 12.0. The van der Waals surface area contributed by atoms with Gasteiger partial charge in [-0.1, -0.05) is 60.7 Å². The molecule has 3 aromatic rings. The van der Waals surface area contributed by atoms with E-state index in [1.807, 2.05) is 65.2 Å². The van der Waals surface area contributed by atoms with E-state index in [1.54, 1.807) is 12.5 Å². The molecule has 2 aromatic carbocycles. The maximum Gasteiger partial charge on any atom is 0.303 e. The van der Waals surface area contributed by atoms with Gasteiger partial charge in [0.1, 0.15) is 0 Å². The maximum atomic E-state index is 12.7. The summed E-state index contributed by atoms with van der Waals surface area (Å²) in [6.45, 7) is 0.649. The van der Waals surface area contributed by atoms with Gasteiger partial charge in [-0.25, -0.2) is 4.98 Å². The number of carboxylic acid groups (broad SMARTS) is 1. The summed E-state index contributed by atoms with van der Waals surface area (Å²) < 4.78 is 1.96. The second kappa shape index (κ2) is 10.2. The number of carbonyl (C=O) groups excluding carboxylic acids is 1. The average Bonchev–Trinajstić information content (AvgIpc) is 3.14. The van der Waals surface area contributed by atoms with E-state index in [-0.39, 0.29) is 24.8 Å². The predicted molar refractivity (Wildman–Crippen MR) is 110 cm³/mol. The number of benzene rings is 2. The Balaban J connectivity index is 1.62. The van der Waals surface area contributed by atoms with Crippen LogP contribution in [0.1, 0.15) is 29.7 Å². The minimum absolute atomic E-state index is 0.0176. The Morgan fingerprint density at radius 3 is 2.31 bits per heavy atom. The van der Waals surface area contributed by atoms with E-state index in [4.69, 9.17) is 5.11 Å². The van der Waals surface area contributed by atoms with E-state index >= 15 is 0 Å². The van der Waals surface area contributed by atoms with Crippen LogP contribution >= 0.6 is 0 Å². The zero-order valence-electron chi connectivity index (χ0n) is 16.2. The lowest BCUT2D eigenvalue weighted by molar-refractivity contribution is -0.137. The van der Waals surface area contributed by atoms with Gasteiger partial charge in [0.2, 0.25) is 5.91 Å². The van der Waals surface area contributed by atoms with Gasteiger partial charge in [-0.15, -0.1) is 0 Å². The topological polar surface area (TPSA) is 84.2 Å². The Kier molecular flexibility index (Phi) is 7.16. The van der Waals surface area contributed by atoms with Gasteiger partial charge >= 0.3 is 5.97 Å². The molecule has 0 radical (unpaired) electrons. The van der Waals surface area contributed by atoms with Gasteiger partial charge in [-0.2, -0.15) is 0 Å². The summed E-state index contributed by atoms with van der Waals surface area (Å²) in [6.07, 6.45) is 4.63. The van der Waals surface area contributed by atoms with Crippen molar-refractivity contribution in [2.45, 2.75) is 38.3 Å². The largest absolute Gasteiger partial charge is 0.481 e. The summed E-state index contributed by atoms with van der Waals surface area (Å²) >= 11 is 0. The smallest absolute Gasteiger partial charge is 0.303 e. The summed E-state index contributed by atoms with van der Waals surface area (Å²) in [4.78, 5) is 27.8. The van der Waals surface area contributed by atoms with Gasteiger partial charge in [-0.05, 0) is 24.0 Å². The molecular weight excluding hydrogens is 366 g/mol. The first-order valence-corrected chi connectivity index (χ1v) is 9.68. The van der Waals surface area contributed by atoms with Crippen LogP contribution in [-0.4, -0.2) is 32.6 Å². The van der Waals surface area contributed by atoms with Crippen molar-refractivity contribution in [3.05, 3.63) is 90.0 Å². The first-order chi connectivity index (χ1) is 14.1. The highest BCUT2D eigenvalue weighted by molar-refractivity contribution is 5.78. The van der Waals surface area contributed by atoms with E-state index in [9.17, 15) is 9.59 Å². The zero-order chi connectivity index (χ0) is 20.5. The third kappa shape index (κ3) is 6.60. The molecule has 0 aliphatic carbocycles. The second-order valence-electron chi connectivity index (χ2n) is 7.06. The van der Waals surface area contributed by atoms with E-state index in [0.717, 1.165) is 16.8 Å². The lowest BCUT2D eigenvalue weighted by atomic mass is 10.0. The molecular formula is C23H25N3O3. The van der Waals surface area contributed by atoms with Gasteiger partial charge < -0.3 is 15.0 Å². The number of hydrogen-bond acceptors (Lipinski definition) is 3. The molecule has 0 fully saturated rings. The highest BCUT2D eigenvalue weighted by Gasteiger charge is 2.16. The fraction of sp³-hybridized carbons (Fsp3) is 0.261. The Morgan fingerprint density at radius 1 is 1.00 bits per heavy atom. The Morgan fingerprint density at radius 2 is 1.66 bits per heavy atom. The third-order valence-electron chi connectivity index (χ3n) is 4.73. The van der Waals surface area contributed by atoms with Gasteiger partial charge in [0, 0.05) is 30.9 Å². The highest BCUT2D eigenvalue weighted by atomic mass is 16.4. The summed E-state index contributed by atoms with van der Waals surface area (Å²) in [5.74, 6) is -0.996. The molecule has 1 atom stereocenters. The molecule has 150 valence electrons. The lowest BCUT2D eigenvalue weighted by Gasteiger charge is -2.18. The molecule has 1 aromatic heterocycles. The van der Waals surface area contributed by atoms with Crippen LogP contribution in [0.3, 0.4) is 0 Å². The summed E-state index contributed by atoms with van der Waals surface area (Å²) in [6, 6.07) is 19.5. The minimum Gasteiger partial charge on any atom is -0.481 e. The lowest BCUT2D eigenvalue weighted by Crippen LogP contribution is -2.38. The van der Waals surface area contributed by atoms with Gasteiger partial charge in [0.25, 0.3) is 0 Å². The number of carbonyl (C=O) groups is 2. The number of hydrogen-bond donors (Lipinski definition) is 2. The quantitative estimate of drug-likeness (QED) is 0.556. The van der Waals surface area contributed by atoms with E-state index in [1.165, 1.54) is 0 Å². The van der Waals surface area contributed by atoms with Crippen LogP contribution in [0.4, 0.5) is 0 Å². The van der Waals surface area contributed by atoms with E-state index in [2.05, 4.69) is 10.3 Å². The number of imidazole rings is 1. The Bertz CT molecular complexity index is 923. The standard InChI is InChI=1S/C23H25N3O3/c27-22(14-21-15-24-17-26(21)16-19-9-5-2-6-10-19)25-20(11-12-23(28)29)13-18-7-3-1-4-8-18/h1-10,15,17,20H,11-14,16H2,(H,25,27)(H,28,29). The summed E-state index contributed by atoms with van der Waals surface area (Å²) in [7, 11) is 0. The predicted octanol–water partition coefficient (Wildman–Crippen LogP) is 3.07. The number of nitrogens with one attached hydrogen (secondary N) is 1. The van der Waals surface area contributed by atoms with Crippen molar-refractivity contribution in [1.82, 2.24) is 14.9 Å². The zero-order valence-corrected chi connectivity index (χ0v) is 16.2. The van der Waals surface area contributed by atoms with Crippen LogP contribution < -0.4 is 5.32 Å². The maximum absolute atomic E-state index is 12.7. The monoisotopic (exact) mass is 391 g/mol. The number of rotatable bonds is 10. The first kappa shape index (κ1) is 20.3. The second-order valence-corrected chi connectivity index (χ2v) is 7.06. The van der Waals surface area contributed by atoms with Gasteiger partial charge in [0.05, 0.1) is 12.7 Å². The van der Waals surface area contributed by atoms with Crippen molar-refractivity contribution in [2.24, 2.45) is 0 Å². The molecule has 1 amide bonds. The van der Waals surface area contributed by atoms with Crippen molar-refractivity contribution in [3.63, 3.8) is 0 Å². The molecule has 0 aliphatic rings. The molecule has 0 saturated heterocycles. The van der Waals surface area contributed by atoms with Crippen LogP contribution in [0, 0.1) is 0 Å². The van der Waals surface area contributed by atoms with Crippen LogP contribution in [0.25, 0.3) is 0 Å². The van der Waals surface area contributed by atoms with Crippen molar-refractivity contribution < 1.29 is 14.7 Å². The number of amides is 1. The molecule has 3 rings (SSSR count). The molecule has 2 N–H and O–H groups in total. The number of aliphatic carboxylic acids is 1. The fourth-order valence-electron chi connectivity index (χ4n) is 3.28. The van der Waals surface area contributed by atoms with Crippen molar-refractivity contribution in [3.8, 4) is 0 Å². The van der Waals surface area contributed by atoms with Crippen LogP contribution in [-0.2, 0) is 29.0 Å². The molecule has 6 nitrogen and oxygen atoms in total. The first-order valence-electron chi connectivity index (χ1n) is 9.68. The van der Waals surface area contributed by atoms with Crippen LogP contribution in [0.2, 0.25) is 0 Å². The van der Waals surface area contributed by atoms with Gasteiger partial charge in [0.15, 0.2) is 0 Å². The van der Waals surface area contributed by atoms with Crippen molar-refractivity contribution in [2.75, 3.05) is 0 Å². The van der Waals surface area contributed by atoms with Gasteiger partial charge in [-0.3, -0.25) is 9.59 Å². The highest BCUT2D eigenvalue weighted by Crippen LogP contribution is 2.10. The van der Waals surface area contributed by atoms with E-state index < -0.39 is 5.97 Å². The SMILES string of the molecule is O=C(O)CCC(Cc1ccccc1)NC(=O)Cc1cncn1Cc1ccccc1. The molecule has 1 unspecified atom stereocenters. The van der Waals surface area contributed by atoms with Crippen molar-refractivity contribution >= 4 is 11.9 Å². The molecule has 0 bridgehead atoms. The number of aromatic nitrogens is 2. The van der Waals surface area contributed by atoms with Crippen LogP contribution in [0.5, 0.6) is 0 Å². The molecule has 0 saturated carbocycles. The van der Waals surface area contributed by atoms with Crippen LogP contribution in [0.15, 0.2) is 73.2 Å². The Labute approximate surface area is 170 Å². The normalized spacial score (nSPS) is 11.7. The number of carboxylic acids is 1. The molecule has 0 aliphatic heterocycles. The van der Waals surface area contributed by atoms with Crippen molar-refractivity contribution in [1.29, 1.82) is 0 Å². The molecule has 6 heteroatoms. The average molecular weight is 391 g/mol. The fourth-order valence-corrected chi connectivity index (χ4v) is 3.28. The third-order valence-corrected chi connectivity index (χ3v) is 4.73. The summed E-state index contributed by atoms with van der Waals surface area (Å²) in [5.41, 5.74) is 3.02. The number of nitrogens with zero attached hydrogens (tertiary/aromatic N) is 2. The molecule has 29 heavy (non-hydrogen) atoms. The van der Waals surface area contributed by atoms with E-state index in [0.29, 0.717) is 19.4 Å².